The third-order valence-electron chi connectivity index (χ3n) is 3.76. The van der Waals surface area contributed by atoms with Gasteiger partial charge >= 0.3 is 6.09 Å². The minimum absolute atomic E-state index is 0.248. The maximum absolute atomic E-state index is 14.0. The van der Waals surface area contributed by atoms with Crippen LogP contribution in [0.25, 0.3) is 0 Å². The van der Waals surface area contributed by atoms with E-state index in [9.17, 15) is 9.18 Å². The zero-order chi connectivity index (χ0) is 17.7. The van der Waals surface area contributed by atoms with Gasteiger partial charge in [-0.25, -0.2) is 9.18 Å². The first kappa shape index (κ1) is 18.5. The Morgan fingerprint density at radius 2 is 1.96 bits per heavy atom. The number of carbonyl (C=O) groups excluding carboxylic acids is 1. The van der Waals surface area contributed by atoms with E-state index in [1.54, 1.807) is 27.9 Å². The van der Waals surface area contributed by atoms with E-state index in [1.807, 2.05) is 29.2 Å². The van der Waals surface area contributed by atoms with Crippen LogP contribution in [0.1, 0.15) is 32.8 Å². The fraction of sp³-hybridized carbons (Fsp3) is 0.611. The van der Waals surface area contributed by atoms with E-state index < -0.39 is 17.9 Å². The van der Waals surface area contributed by atoms with E-state index in [0.29, 0.717) is 26.1 Å². The van der Waals surface area contributed by atoms with Crippen molar-refractivity contribution in [3.05, 3.63) is 29.8 Å². The van der Waals surface area contributed by atoms with Gasteiger partial charge in [0.15, 0.2) is 0 Å². The molecule has 6 heteroatoms. The van der Waals surface area contributed by atoms with Crippen LogP contribution in [-0.4, -0.2) is 49.0 Å². The number of amides is 1. The molecule has 1 aliphatic rings. The lowest BCUT2D eigenvalue weighted by molar-refractivity contribution is 0.0425. The summed E-state index contributed by atoms with van der Waals surface area (Å²) in [4.78, 5) is 13.9. The predicted molar refractivity (Wildman–Crippen MR) is 90.9 cm³/mol. The standard InChI is InChI=1S/C18H27FN2O3/c1-18(2,3)24-17(22)20-15-9-14(19)11-21(12-15)10-13-5-7-16(23-4)8-6-13/h5-8,14-15H,9-12H2,1-4H3,(H,20,22)/t14-,15+/m1/s1. The Kier molecular flexibility index (Phi) is 6.04. The Bertz CT molecular complexity index is 542. The van der Waals surface area contributed by atoms with Crippen LogP contribution in [0.4, 0.5) is 9.18 Å². The minimum Gasteiger partial charge on any atom is -0.497 e. The molecule has 0 spiro atoms. The van der Waals surface area contributed by atoms with Gasteiger partial charge in [0.05, 0.1) is 7.11 Å². The number of nitrogens with one attached hydrogen (secondary N) is 1. The van der Waals surface area contributed by atoms with E-state index in [4.69, 9.17) is 9.47 Å². The van der Waals surface area contributed by atoms with Crippen molar-refractivity contribution in [3.8, 4) is 5.75 Å². The Balaban J connectivity index is 1.90. The Hall–Kier alpha value is -1.82. The van der Waals surface area contributed by atoms with Gasteiger partial charge < -0.3 is 14.8 Å². The van der Waals surface area contributed by atoms with E-state index in [0.717, 1.165) is 11.3 Å². The number of hydrogen-bond acceptors (Lipinski definition) is 4. The highest BCUT2D eigenvalue weighted by Crippen LogP contribution is 2.19. The maximum Gasteiger partial charge on any atom is 0.407 e. The van der Waals surface area contributed by atoms with Gasteiger partial charge in [0.25, 0.3) is 0 Å². The minimum atomic E-state index is -0.961. The molecule has 1 amide bonds. The molecule has 0 aliphatic carbocycles. The second kappa shape index (κ2) is 7.83. The van der Waals surface area contributed by atoms with Crippen LogP contribution in [0.3, 0.4) is 0 Å². The normalized spacial score (nSPS) is 22.0. The predicted octanol–water partition coefficient (Wildman–Crippen LogP) is 3.13. The third kappa shape index (κ3) is 6.00. The molecule has 0 bridgehead atoms. The lowest BCUT2D eigenvalue weighted by Gasteiger charge is -2.35. The number of rotatable bonds is 4. The summed E-state index contributed by atoms with van der Waals surface area (Å²) in [6, 6.07) is 7.47. The van der Waals surface area contributed by atoms with E-state index in [2.05, 4.69) is 5.32 Å². The monoisotopic (exact) mass is 338 g/mol. The van der Waals surface area contributed by atoms with Crippen molar-refractivity contribution < 1.29 is 18.7 Å². The van der Waals surface area contributed by atoms with Crippen molar-refractivity contribution in [3.63, 3.8) is 0 Å². The molecule has 5 nitrogen and oxygen atoms in total. The molecule has 1 aliphatic heterocycles. The van der Waals surface area contributed by atoms with Crippen molar-refractivity contribution in [2.45, 2.75) is 51.6 Å². The first-order valence-electron chi connectivity index (χ1n) is 8.24. The van der Waals surface area contributed by atoms with Gasteiger partial charge in [-0.1, -0.05) is 12.1 Å². The van der Waals surface area contributed by atoms with Crippen molar-refractivity contribution in [2.75, 3.05) is 20.2 Å². The van der Waals surface area contributed by atoms with Gasteiger partial charge in [0.2, 0.25) is 0 Å². The van der Waals surface area contributed by atoms with Gasteiger partial charge in [-0.2, -0.15) is 0 Å². The molecule has 1 fully saturated rings. The van der Waals surface area contributed by atoms with Crippen LogP contribution in [-0.2, 0) is 11.3 Å². The Morgan fingerprint density at radius 1 is 1.29 bits per heavy atom. The first-order valence-corrected chi connectivity index (χ1v) is 8.24. The average molecular weight is 338 g/mol. The molecule has 2 rings (SSSR count). The van der Waals surface area contributed by atoms with Crippen LogP contribution in [0.2, 0.25) is 0 Å². The second-order valence-corrected chi connectivity index (χ2v) is 7.22. The molecule has 134 valence electrons. The number of benzene rings is 1. The molecule has 1 saturated heterocycles. The number of hydrogen-bond donors (Lipinski definition) is 1. The number of piperidine rings is 1. The van der Waals surface area contributed by atoms with Gasteiger partial charge in [-0.3, -0.25) is 4.90 Å². The van der Waals surface area contributed by atoms with Crippen molar-refractivity contribution in [1.82, 2.24) is 10.2 Å². The first-order chi connectivity index (χ1) is 11.2. The fourth-order valence-electron chi connectivity index (χ4n) is 2.82. The van der Waals surface area contributed by atoms with Crippen LogP contribution >= 0.6 is 0 Å². The molecule has 0 aromatic heterocycles. The number of nitrogens with zero attached hydrogens (tertiary/aromatic N) is 1. The second-order valence-electron chi connectivity index (χ2n) is 7.22. The summed E-state index contributed by atoms with van der Waals surface area (Å²) in [6.45, 7) is 7.03. The number of ether oxygens (including phenoxy) is 2. The number of halogens is 1. The van der Waals surface area contributed by atoms with Gasteiger partial charge in [-0.15, -0.1) is 0 Å². The highest BCUT2D eigenvalue weighted by Gasteiger charge is 2.29. The van der Waals surface area contributed by atoms with Gasteiger partial charge in [0, 0.05) is 32.1 Å². The number of methoxy groups -OCH3 is 1. The smallest absolute Gasteiger partial charge is 0.407 e. The zero-order valence-electron chi connectivity index (χ0n) is 14.8. The summed E-state index contributed by atoms with van der Waals surface area (Å²) in [5.74, 6) is 0.797. The molecule has 1 aromatic rings. The van der Waals surface area contributed by atoms with Gasteiger partial charge in [-0.05, 0) is 38.5 Å². The van der Waals surface area contributed by atoms with Gasteiger partial charge in [0.1, 0.15) is 17.5 Å². The number of alkyl halides is 1. The largest absolute Gasteiger partial charge is 0.497 e. The Labute approximate surface area is 143 Å². The van der Waals surface area contributed by atoms with E-state index in [1.165, 1.54) is 0 Å². The molecule has 1 N–H and O–H groups in total. The van der Waals surface area contributed by atoms with E-state index >= 15 is 0 Å². The molecular weight excluding hydrogens is 311 g/mol. The molecule has 0 unspecified atom stereocenters. The van der Waals surface area contributed by atoms with Crippen molar-refractivity contribution >= 4 is 6.09 Å². The maximum atomic E-state index is 14.0. The van der Waals surface area contributed by atoms with Crippen LogP contribution < -0.4 is 10.1 Å². The molecule has 1 aromatic carbocycles. The summed E-state index contributed by atoms with van der Waals surface area (Å²) in [5, 5.41) is 2.78. The quantitative estimate of drug-likeness (QED) is 0.916. The summed E-state index contributed by atoms with van der Waals surface area (Å²) in [7, 11) is 1.63. The molecule has 1 heterocycles. The molecule has 0 radical (unpaired) electrons. The number of alkyl carbamates (subject to hydrolysis) is 1. The summed E-state index contributed by atoms with van der Waals surface area (Å²) < 4.78 is 24.4. The molecule has 2 atom stereocenters. The zero-order valence-corrected chi connectivity index (χ0v) is 14.8. The van der Waals surface area contributed by atoms with E-state index in [-0.39, 0.29) is 6.04 Å². The molecule has 0 saturated carbocycles. The van der Waals surface area contributed by atoms with Crippen LogP contribution in [0.15, 0.2) is 24.3 Å². The number of carbonyl (C=O) groups is 1. The van der Waals surface area contributed by atoms with Crippen LogP contribution in [0.5, 0.6) is 5.75 Å². The summed E-state index contributed by atoms with van der Waals surface area (Å²) >= 11 is 0. The molecule has 24 heavy (non-hydrogen) atoms. The Morgan fingerprint density at radius 3 is 2.54 bits per heavy atom. The topological polar surface area (TPSA) is 50.8 Å². The highest BCUT2D eigenvalue weighted by molar-refractivity contribution is 5.68. The summed E-state index contributed by atoms with van der Waals surface area (Å²) in [6.07, 6.45) is -1.14. The highest BCUT2D eigenvalue weighted by atomic mass is 19.1. The lowest BCUT2D eigenvalue weighted by atomic mass is 10.0. The van der Waals surface area contributed by atoms with Crippen molar-refractivity contribution in [1.29, 1.82) is 0 Å². The third-order valence-corrected chi connectivity index (χ3v) is 3.76. The SMILES string of the molecule is COc1ccc(CN2C[C@H](F)C[C@H](NC(=O)OC(C)(C)C)C2)cc1. The summed E-state index contributed by atoms with van der Waals surface area (Å²) in [5.41, 5.74) is 0.525. The van der Waals surface area contributed by atoms with Crippen LogP contribution in [0, 0.1) is 0 Å². The lowest BCUT2D eigenvalue weighted by Crippen LogP contribution is -2.52. The fourth-order valence-corrected chi connectivity index (χ4v) is 2.82. The average Bonchev–Trinajstić information content (AvgIpc) is 2.45. The number of likely N-dealkylation sites (tertiary alicyclic amines) is 1. The van der Waals surface area contributed by atoms with Crippen molar-refractivity contribution in [2.24, 2.45) is 0 Å². The molecular formula is C18H27FN2O3.